The lowest BCUT2D eigenvalue weighted by molar-refractivity contribution is -0.143. The van der Waals surface area contributed by atoms with E-state index in [4.69, 9.17) is 9.47 Å². The molecule has 0 saturated carbocycles. The first-order chi connectivity index (χ1) is 18.3. The molecule has 2 heterocycles. The summed E-state index contributed by atoms with van der Waals surface area (Å²) in [6, 6.07) is 11.4. The maximum Gasteiger partial charge on any atom is 0.326 e. The monoisotopic (exact) mass is 559 g/mol. The van der Waals surface area contributed by atoms with Crippen LogP contribution in [0.25, 0.3) is 10.2 Å². The summed E-state index contributed by atoms with van der Waals surface area (Å²) < 4.78 is 41.3. The van der Waals surface area contributed by atoms with E-state index >= 15 is 0 Å². The van der Waals surface area contributed by atoms with Gasteiger partial charge >= 0.3 is 5.97 Å². The van der Waals surface area contributed by atoms with Crippen molar-refractivity contribution in [2.24, 2.45) is 4.99 Å². The quantitative estimate of drug-likeness (QED) is 0.361. The minimum Gasteiger partial charge on any atom is -0.494 e. The summed E-state index contributed by atoms with van der Waals surface area (Å²) in [5, 5.41) is 0. The van der Waals surface area contributed by atoms with Crippen LogP contribution in [0.4, 0.5) is 0 Å². The van der Waals surface area contributed by atoms with Crippen molar-refractivity contribution in [1.29, 1.82) is 0 Å². The van der Waals surface area contributed by atoms with Gasteiger partial charge in [0.25, 0.3) is 5.91 Å². The highest BCUT2D eigenvalue weighted by molar-refractivity contribution is 7.89. The second kappa shape index (κ2) is 12.2. The third kappa shape index (κ3) is 6.00. The van der Waals surface area contributed by atoms with Crippen LogP contribution in [0.3, 0.4) is 0 Å². The number of amides is 1. The Hall–Kier alpha value is -3.02. The van der Waals surface area contributed by atoms with Crippen molar-refractivity contribution in [2.45, 2.75) is 63.9 Å². The van der Waals surface area contributed by atoms with Crippen molar-refractivity contribution < 1.29 is 27.5 Å². The first-order valence-corrected chi connectivity index (χ1v) is 15.2. The molecule has 204 valence electrons. The van der Waals surface area contributed by atoms with Gasteiger partial charge in [-0.25, -0.2) is 8.42 Å². The number of rotatable bonds is 9. The van der Waals surface area contributed by atoms with E-state index < -0.39 is 21.9 Å². The fourth-order valence-electron chi connectivity index (χ4n) is 4.64. The number of carbonyl (C=O) groups excluding carboxylic acids is 2. The zero-order chi connectivity index (χ0) is 27.3. The lowest BCUT2D eigenvalue weighted by Crippen LogP contribution is -2.43. The van der Waals surface area contributed by atoms with Crippen LogP contribution in [-0.2, 0) is 26.1 Å². The molecule has 0 radical (unpaired) electrons. The molecule has 0 N–H and O–H groups in total. The molecule has 11 heteroatoms. The molecule has 4 rings (SSSR count). The maximum absolute atomic E-state index is 13.3. The highest BCUT2D eigenvalue weighted by Gasteiger charge is 2.32. The van der Waals surface area contributed by atoms with E-state index in [9.17, 15) is 18.0 Å². The van der Waals surface area contributed by atoms with Gasteiger partial charge < -0.3 is 14.0 Å². The molecular formula is C27H33N3O6S2. The average molecular weight is 560 g/mol. The number of ether oxygens (including phenoxy) is 2. The van der Waals surface area contributed by atoms with E-state index in [2.05, 4.69) is 4.99 Å². The summed E-state index contributed by atoms with van der Waals surface area (Å²) in [7, 11) is -3.65. The number of thiazole rings is 1. The molecule has 1 aliphatic rings. The smallest absolute Gasteiger partial charge is 0.326 e. The van der Waals surface area contributed by atoms with Crippen LogP contribution in [0, 0.1) is 0 Å². The molecule has 2 aromatic carbocycles. The molecule has 1 amide bonds. The van der Waals surface area contributed by atoms with Crippen LogP contribution in [0.1, 0.15) is 56.8 Å². The van der Waals surface area contributed by atoms with Crippen molar-refractivity contribution in [3.8, 4) is 5.75 Å². The van der Waals surface area contributed by atoms with Gasteiger partial charge in [0, 0.05) is 18.2 Å². The van der Waals surface area contributed by atoms with Gasteiger partial charge in [-0.15, -0.1) is 0 Å². The van der Waals surface area contributed by atoms with E-state index in [0.717, 1.165) is 35.9 Å². The van der Waals surface area contributed by atoms with Gasteiger partial charge in [0.2, 0.25) is 10.0 Å². The van der Waals surface area contributed by atoms with Crippen LogP contribution < -0.4 is 9.54 Å². The molecular weight excluding hydrogens is 526 g/mol. The molecule has 1 saturated heterocycles. The number of benzene rings is 2. The third-order valence-electron chi connectivity index (χ3n) is 6.51. The zero-order valence-corrected chi connectivity index (χ0v) is 23.5. The Labute approximate surface area is 226 Å². The molecule has 38 heavy (non-hydrogen) atoms. The zero-order valence-electron chi connectivity index (χ0n) is 21.9. The largest absolute Gasteiger partial charge is 0.494 e. The highest BCUT2D eigenvalue weighted by Crippen LogP contribution is 2.27. The Bertz CT molecular complexity index is 1470. The van der Waals surface area contributed by atoms with Crippen LogP contribution in [0.2, 0.25) is 0 Å². The summed E-state index contributed by atoms with van der Waals surface area (Å²) in [6.45, 7) is 6.79. The number of piperidine rings is 1. The SMILES string of the molecule is CCOC(=O)Cn1c(=NC(=O)c2ccc(S(=O)(=O)N3CCCCC3CC)cc2)sc2cc(OCC)ccc21. The minimum atomic E-state index is -3.65. The lowest BCUT2D eigenvalue weighted by Gasteiger charge is -2.34. The van der Waals surface area contributed by atoms with Crippen molar-refractivity contribution >= 4 is 43.5 Å². The van der Waals surface area contributed by atoms with Gasteiger partial charge in [-0.1, -0.05) is 24.7 Å². The topological polar surface area (TPSA) is 107 Å². The van der Waals surface area contributed by atoms with E-state index in [-0.39, 0.29) is 29.7 Å². The van der Waals surface area contributed by atoms with Crippen LogP contribution >= 0.6 is 11.3 Å². The normalized spacial score (nSPS) is 17.0. The van der Waals surface area contributed by atoms with Crippen LogP contribution in [0.5, 0.6) is 5.75 Å². The Kier molecular flexibility index (Phi) is 9.01. The van der Waals surface area contributed by atoms with Gasteiger partial charge in [0.1, 0.15) is 12.3 Å². The summed E-state index contributed by atoms with van der Waals surface area (Å²) in [5.41, 5.74) is 0.983. The van der Waals surface area contributed by atoms with E-state index in [1.54, 1.807) is 21.9 Å². The van der Waals surface area contributed by atoms with E-state index in [1.165, 1.54) is 35.6 Å². The first kappa shape index (κ1) is 28.0. The lowest BCUT2D eigenvalue weighted by atomic mass is 10.0. The first-order valence-electron chi connectivity index (χ1n) is 12.9. The summed E-state index contributed by atoms with van der Waals surface area (Å²) in [4.78, 5) is 30.2. The fourth-order valence-corrected chi connectivity index (χ4v) is 7.46. The summed E-state index contributed by atoms with van der Waals surface area (Å²) in [5.74, 6) is -0.293. The van der Waals surface area contributed by atoms with Gasteiger partial charge in [0.05, 0.1) is 28.3 Å². The molecule has 9 nitrogen and oxygen atoms in total. The van der Waals surface area contributed by atoms with Gasteiger partial charge in [-0.3, -0.25) is 9.59 Å². The molecule has 1 unspecified atom stereocenters. The fraction of sp³-hybridized carbons (Fsp3) is 0.444. The standard InChI is InChI=1S/C27H33N3O6S2/c1-4-20-9-7-8-16-30(20)38(33,34)22-13-10-19(11-14-22)26(32)28-27-29(18-25(31)36-6-3)23-15-12-21(35-5-2)17-24(23)37-27/h10-15,17,20H,4-9,16,18H2,1-3H3. The molecule has 0 bridgehead atoms. The second-order valence-corrected chi connectivity index (χ2v) is 11.9. The predicted molar refractivity (Wildman–Crippen MR) is 146 cm³/mol. The number of esters is 1. The maximum atomic E-state index is 13.3. The minimum absolute atomic E-state index is 0.00361. The highest BCUT2D eigenvalue weighted by atomic mass is 32.2. The van der Waals surface area contributed by atoms with Crippen molar-refractivity contribution in [3.63, 3.8) is 0 Å². The number of fused-ring (bicyclic) bond motifs is 1. The number of hydrogen-bond donors (Lipinski definition) is 0. The number of hydrogen-bond acceptors (Lipinski definition) is 7. The Morgan fingerprint density at radius 1 is 1.05 bits per heavy atom. The molecule has 1 aromatic heterocycles. The number of carbonyl (C=O) groups is 2. The molecule has 0 aliphatic carbocycles. The molecule has 0 spiro atoms. The molecule has 1 atom stereocenters. The molecule has 3 aromatic rings. The number of aromatic nitrogens is 1. The van der Waals surface area contributed by atoms with E-state index in [1.807, 2.05) is 26.0 Å². The van der Waals surface area contributed by atoms with Crippen LogP contribution in [0.15, 0.2) is 52.4 Å². The van der Waals surface area contributed by atoms with Gasteiger partial charge in [-0.05, 0) is 75.6 Å². The van der Waals surface area contributed by atoms with Crippen molar-refractivity contribution in [1.82, 2.24) is 8.87 Å². The second-order valence-electron chi connectivity index (χ2n) is 8.95. The predicted octanol–water partition coefficient (Wildman–Crippen LogP) is 4.36. The Balaban J connectivity index is 1.66. The number of nitrogens with zero attached hydrogens (tertiary/aromatic N) is 3. The molecule has 1 aliphatic heterocycles. The Morgan fingerprint density at radius 3 is 2.50 bits per heavy atom. The number of sulfonamides is 1. The summed E-state index contributed by atoms with van der Waals surface area (Å²) >= 11 is 1.26. The van der Waals surface area contributed by atoms with Crippen molar-refractivity contribution in [3.05, 3.63) is 52.8 Å². The average Bonchev–Trinajstić information content (AvgIpc) is 3.24. The van der Waals surface area contributed by atoms with E-state index in [0.29, 0.717) is 23.7 Å². The Morgan fingerprint density at radius 2 is 1.82 bits per heavy atom. The molecule has 1 fully saturated rings. The third-order valence-corrected chi connectivity index (χ3v) is 9.51. The summed E-state index contributed by atoms with van der Waals surface area (Å²) in [6.07, 6.45) is 3.50. The van der Waals surface area contributed by atoms with Gasteiger partial charge in [0.15, 0.2) is 4.80 Å². The van der Waals surface area contributed by atoms with Crippen LogP contribution in [-0.4, -0.2) is 55.0 Å². The van der Waals surface area contributed by atoms with Gasteiger partial charge in [-0.2, -0.15) is 9.30 Å². The van der Waals surface area contributed by atoms with Crippen molar-refractivity contribution in [2.75, 3.05) is 19.8 Å².